The quantitative estimate of drug-likeness (QED) is 0.681. The Labute approximate surface area is 138 Å². The number of nitrogens with zero attached hydrogens (tertiary/aromatic N) is 1. The molecule has 0 aliphatic rings. The zero-order valence-corrected chi connectivity index (χ0v) is 13.6. The van der Waals surface area contributed by atoms with Gasteiger partial charge in [-0.05, 0) is 42.0 Å². The zero-order chi connectivity index (χ0) is 17.3. The maximum Gasteiger partial charge on any atom is 0.336 e. The van der Waals surface area contributed by atoms with Gasteiger partial charge in [0.05, 0.1) is 4.90 Å². The van der Waals surface area contributed by atoms with Crippen LogP contribution in [-0.2, 0) is 16.6 Å². The summed E-state index contributed by atoms with van der Waals surface area (Å²) in [5.41, 5.74) is 0.364. The van der Waals surface area contributed by atoms with Gasteiger partial charge >= 0.3 is 5.63 Å². The van der Waals surface area contributed by atoms with E-state index in [1.165, 1.54) is 55.6 Å². The Bertz CT molecular complexity index is 1060. The molecule has 0 fully saturated rings. The van der Waals surface area contributed by atoms with Crippen LogP contribution in [0.15, 0.2) is 68.7 Å². The molecule has 0 bridgehead atoms. The van der Waals surface area contributed by atoms with Gasteiger partial charge in [-0.25, -0.2) is 17.6 Å². The largest absolute Gasteiger partial charge is 0.423 e. The summed E-state index contributed by atoms with van der Waals surface area (Å²) in [6.45, 7) is 0.0437. The van der Waals surface area contributed by atoms with Crippen molar-refractivity contribution in [2.75, 3.05) is 7.05 Å². The van der Waals surface area contributed by atoms with E-state index < -0.39 is 21.5 Å². The minimum Gasteiger partial charge on any atom is -0.423 e. The van der Waals surface area contributed by atoms with Crippen LogP contribution < -0.4 is 5.63 Å². The first-order valence-electron chi connectivity index (χ1n) is 7.11. The monoisotopic (exact) mass is 347 g/mol. The van der Waals surface area contributed by atoms with Crippen LogP contribution >= 0.6 is 0 Å². The first-order valence-corrected chi connectivity index (χ1v) is 8.55. The van der Waals surface area contributed by atoms with Crippen LogP contribution in [0, 0.1) is 5.82 Å². The first-order chi connectivity index (χ1) is 11.4. The summed E-state index contributed by atoms with van der Waals surface area (Å²) in [6, 6.07) is 12.8. The second kappa shape index (κ2) is 6.18. The minimum atomic E-state index is -3.76. The fraction of sp³-hybridized carbons (Fsp3) is 0.118. The van der Waals surface area contributed by atoms with Gasteiger partial charge in [-0.15, -0.1) is 0 Å². The maximum atomic E-state index is 13.2. The fourth-order valence-electron chi connectivity index (χ4n) is 2.37. The SMILES string of the molecule is CN(Cc1cccc(F)c1)S(=O)(=O)c1ccc2oc(=O)ccc2c1. The molecule has 0 saturated carbocycles. The number of sulfonamides is 1. The standard InChI is InChI=1S/C17H14FNO4S/c1-19(11-12-3-2-4-14(18)9-12)24(21,22)15-6-7-16-13(10-15)5-8-17(20)23-16/h2-10H,11H2,1H3. The Hall–Kier alpha value is -2.51. The number of halogens is 1. The van der Waals surface area contributed by atoms with Gasteiger partial charge in [-0.1, -0.05) is 12.1 Å². The van der Waals surface area contributed by atoms with Crippen molar-refractivity contribution >= 4 is 21.0 Å². The molecule has 3 aromatic rings. The van der Waals surface area contributed by atoms with Crippen LogP contribution in [0.5, 0.6) is 0 Å². The molecule has 0 saturated heterocycles. The molecule has 24 heavy (non-hydrogen) atoms. The van der Waals surface area contributed by atoms with Crippen molar-refractivity contribution < 1.29 is 17.2 Å². The Morgan fingerprint density at radius 3 is 2.62 bits per heavy atom. The van der Waals surface area contributed by atoms with Crippen molar-refractivity contribution in [3.8, 4) is 0 Å². The molecule has 3 rings (SSSR count). The second-order valence-corrected chi connectivity index (χ2v) is 7.39. The molecule has 0 radical (unpaired) electrons. The number of fused-ring (bicyclic) bond motifs is 1. The molecule has 124 valence electrons. The summed E-state index contributed by atoms with van der Waals surface area (Å²) in [4.78, 5) is 11.3. The molecule has 1 aromatic heterocycles. The molecule has 0 unspecified atom stereocenters. The average Bonchev–Trinajstić information content (AvgIpc) is 2.54. The van der Waals surface area contributed by atoms with Crippen molar-refractivity contribution in [1.29, 1.82) is 0 Å². The van der Waals surface area contributed by atoms with Crippen molar-refractivity contribution in [1.82, 2.24) is 4.31 Å². The molecule has 0 atom stereocenters. The van der Waals surface area contributed by atoms with E-state index >= 15 is 0 Å². The lowest BCUT2D eigenvalue weighted by molar-refractivity contribution is 0.465. The highest BCUT2D eigenvalue weighted by molar-refractivity contribution is 7.89. The third-order valence-electron chi connectivity index (χ3n) is 3.59. The smallest absolute Gasteiger partial charge is 0.336 e. The fourth-order valence-corrected chi connectivity index (χ4v) is 3.56. The van der Waals surface area contributed by atoms with Crippen molar-refractivity contribution in [3.63, 3.8) is 0 Å². The molecule has 5 nitrogen and oxygen atoms in total. The van der Waals surface area contributed by atoms with Gasteiger partial charge in [0, 0.05) is 25.0 Å². The van der Waals surface area contributed by atoms with E-state index in [-0.39, 0.29) is 11.4 Å². The molecule has 0 N–H and O–H groups in total. The number of hydrogen-bond acceptors (Lipinski definition) is 4. The third kappa shape index (κ3) is 3.22. The third-order valence-corrected chi connectivity index (χ3v) is 5.39. The Balaban J connectivity index is 1.94. The van der Waals surface area contributed by atoms with Gasteiger partial charge < -0.3 is 4.42 Å². The molecule has 2 aromatic carbocycles. The summed E-state index contributed by atoms with van der Waals surface area (Å²) in [5, 5.41) is 0.509. The molecule has 0 amide bonds. The highest BCUT2D eigenvalue weighted by Crippen LogP contribution is 2.21. The van der Waals surface area contributed by atoms with Crippen molar-refractivity contribution in [3.05, 3.63) is 76.4 Å². The van der Waals surface area contributed by atoms with Gasteiger partial charge in [-0.2, -0.15) is 4.31 Å². The molecule has 1 heterocycles. The summed E-state index contributed by atoms with van der Waals surface area (Å²) in [5.74, 6) is -0.418. The normalized spacial score (nSPS) is 12.0. The van der Waals surface area contributed by atoms with Crippen LogP contribution in [0.4, 0.5) is 4.39 Å². The Kier molecular flexibility index (Phi) is 4.21. The van der Waals surface area contributed by atoms with E-state index in [0.29, 0.717) is 16.5 Å². The van der Waals surface area contributed by atoms with E-state index in [1.807, 2.05) is 0 Å². The van der Waals surface area contributed by atoms with Gasteiger partial charge in [0.2, 0.25) is 10.0 Å². The van der Waals surface area contributed by atoms with Crippen molar-refractivity contribution in [2.24, 2.45) is 0 Å². The summed E-state index contributed by atoms with van der Waals surface area (Å²) in [6.07, 6.45) is 0. The average molecular weight is 347 g/mol. The molecular formula is C17H14FNO4S. The second-order valence-electron chi connectivity index (χ2n) is 5.35. The zero-order valence-electron chi connectivity index (χ0n) is 12.8. The van der Waals surface area contributed by atoms with Crippen LogP contribution in [0.25, 0.3) is 11.0 Å². The van der Waals surface area contributed by atoms with Gasteiger partial charge in [-0.3, -0.25) is 0 Å². The van der Waals surface area contributed by atoms with E-state index in [4.69, 9.17) is 4.42 Å². The predicted octanol–water partition coefficient (Wildman–Crippen LogP) is 2.75. The summed E-state index contributed by atoms with van der Waals surface area (Å²) >= 11 is 0. The lowest BCUT2D eigenvalue weighted by Gasteiger charge is -2.17. The van der Waals surface area contributed by atoms with Crippen molar-refractivity contribution in [2.45, 2.75) is 11.4 Å². The highest BCUT2D eigenvalue weighted by atomic mass is 32.2. The highest BCUT2D eigenvalue weighted by Gasteiger charge is 2.21. The first kappa shape index (κ1) is 16.4. The number of hydrogen-bond donors (Lipinski definition) is 0. The van der Waals surface area contributed by atoms with Crippen LogP contribution in [0.2, 0.25) is 0 Å². The molecular weight excluding hydrogens is 333 g/mol. The number of rotatable bonds is 4. The predicted molar refractivity (Wildman–Crippen MR) is 87.5 cm³/mol. The van der Waals surface area contributed by atoms with Crippen LogP contribution in [0.1, 0.15) is 5.56 Å². The van der Waals surface area contributed by atoms with Crippen LogP contribution in [-0.4, -0.2) is 19.8 Å². The number of benzene rings is 2. The lowest BCUT2D eigenvalue weighted by atomic mass is 10.2. The van der Waals surface area contributed by atoms with Gasteiger partial charge in [0.15, 0.2) is 0 Å². The summed E-state index contributed by atoms with van der Waals surface area (Å²) < 4.78 is 44.7. The molecule has 0 aliphatic heterocycles. The summed E-state index contributed by atoms with van der Waals surface area (Å²) in [7, 11) is -2.33. The Morgan fingerprint density at radius 1 is 1.08 bits per heavy atom. The Morgan fingerprint density at radius 2 is 1.88 bits per heavy atom. The topological polar surface area (TPSA) is 67.6 Å². The lowest BCUT2D eigenvalue weighted by Crippen LogP contribution is -2.26. The van der Waals surface area contributed by atoms with Gasteiger partial charge in [0.1, 0.15) is 11.4 Å². The molecule has 0 aliphatic carbocycles. The molecule has 7 heteroatoms. The van der Waals surface area contributed by atoms with E-state index in [0.717, 1.165) is 4.31 Å². The molecule has 0 spiro atoms. The van der Waals surface area contributed by atoms with E-state index in [1.54, 1.807) is 6.07 Å². The van der Waals surface area contributed by atoms with Crippen LogP contribution in [0.3, 0.4) is 0 Å². The van der Waals surface area contributed by atoms with Gasteiger partial charge in [0.25, 0.3) is 0 Å². The minimum absolute atomic E-state index is 0.0437. The maximum absolute atomic E-state index is 13.2. The van der Waals surface area contributed by atoms with E-state index in [9.17, 15) is 17.6 Å². The van der Waals surface area contributed by atoms with E-state index in [2.05, 4.69) is 0 Å².